The molecule has 0 radical (unpaired) electrons. The Morgan fingerprint density at radius 3 is 1.08 bits per heavy atom. The summed E-state index contributed by atoms with van der Waals surface area (Å²) >= 11 is 0. The van der Waals surface area contributed by atoms with Gasteiger partial charge in [-0.3, -0.25) is 0 Å². The number of unbranched alkanes of at least 4 members (excludes halogenated alkanes) is 15. The molecule has 0 bridgehead atoms. The van der Waals surface area contributed by atoms with Gasteiger partial charge < -0.3 is 5.11 Å². The first-order valence-electron chi connectivity index (χ1n) is 11.9. The van der Waals surface area contributed by atoms with Gasteiger partial charge in [0.05, 0.1) is 5.60 Å². The molecule has 0 aliphatic carbocycles. The van der Waals surface area contributed by atoms with E-state index in [4.69, 9.17) is 0 Å². The summed E-state index contributed by atoms with van der Waals surface area (Å²) in [5, 5.41) is 10.6. The van der Waals surface area contributed by atoms with Crippen LogP contribution in [0.4, 0.5) is 0 Å². The highest BCUT2D eigenvalue weighted by Crippen LogP contribution is 2.26. The van der Waals surface area contributed by atoms with E-state index in [0.29, 0.717) is 0 Å². The Morgan fingerprint density at radius 1 is 0.440 bits per heavy atom. The van der Waals surface area contributed by atoms with Crippen molar-refractivity contribution in [2.45, 2.75) is 155 Å². The van der Waals surface area contributed by atoms with Crippen LogP contribution in [0, 0.1) is 0 Å². The smallest absolute Gasteiger partial charge is 0.0645 e. The lowest BCUT2D eigenvalue weighted by atomic mass is 9.88. The van der Waals surface area contributed by atoms with Crippen LogP contribution in [0.25, 0.3) is 0 Å². The molecule has 0 amide bonds. The quantitative estimate of drug-likeness (QED) is 0.217. The molecule has 152 valence electrons. The zero-order valence-electron chi connectivity index (χ0n) is 18.1. The first kappa shape index (κ1) is 25.0. The lowest BCUT2D eigenvalue weighted by molar-refractivity contribution is 0.0141. The Labute approximate surface area is 160 Å². The third-order valence-corrected chi connectivity index (χ3v) is 5.90. The Hall–Kier alpha value is -0.0400. The lowest BCUT2D eigenvalue weighted by Gasteiger charge is -2.27. The van der Waals surface area contributed by atoms with E-state index in [-0.39, 0.29) is 5.60 Å². The fourth-order valence-electron chi connectivity index (χ4n) is 3.83. The molecule has 0 aliphatic heterocycles. The minimum absolute atomic E-state index is 0.369. The van der Waals surface area contributed by atoms with Gasteiger partial charge in [0.1, 0.15) is 0 Å². The van der Waals surface area contributed by atoms with Gasteiger partial charge >= 0.3 is 0 Å². The van der Waals surface area contributed by atoms with Gasteiger partial charge in [0.15, 0.2) is 0 Å². The number of hydrogen-bond acceptors (Lipinski definition) is 1. The van der Waals surface area contributed by atoms with E-state index in [1.165, 1.54) is 109 Å². The van der Waals surface area contributed by atoms with Crippen LogP contribution in [0.3, 0.4) is 0 Å². The van der Waals surface area contributed by atoms with Crippen LogP contribution < -0.4 is 0 Å². The number of aliphatic hydroxyl groups is 1. The van der Waals surface area contributed by atoms with Crippen molar-refractivity contribution in [3.8, 4) is 0 Å². The molecule has 0 aromatic heterocycles. The second-order valence-corrected chi connectivity index (χ2v) is 8.38. The van der Waals surface area contributed by atoms with Crippen molar-refractivity contribution in [3.05, 3.63) is 0 Å². The van der Waals surface area contributed by atoms with Gasteiger partial charge in [-0.2, -0.15) is 0 Å². The van der Waals surface area contributed by atoms with Gasteiger partial charge in [0.25, 0.3) is 0 Å². The summed E-state index contributed by atoms with van der Waals surface area (Å²) in [6.07, 6.45) is 26.3. The molecule has 0 saturated carbocycles. The summed E-state index contributed by atoms with van der Waals surface area (Å²) in [7, 11) is 0. The summed E-state index contributed by atoms with van der Waals surface area (Å²) in [6, 6.07) is 0. The highest BCUT2D eigenvalue weighted by molar-refractivity contribution is 4.76. The number of hydrogen-bond donors (Lipinski definition) is 1. The molecule has 1 atom stereocenters. The third-order valence-electron chi connectivity index (χ3n) is 5.90. The maximum atomic E-state index is 10.6. The van der Waals surface area contributed by atoms with E-state index in [9.17, 15) is 5.11 Å². The molecule has 1 nitrogen and oxygen atoms in total. The second-order valence-electron chi connectivity index (χ2n) is 8.38. The molecule has 0 aliphatic rings. The Bertz CT molecular complexity index is 250. The zero-order chi connectivity index (χ0) is 18.6. The standard InChI is InChI=1S/C24H50O/c1-4-7-9-10-11-12-13-14-15-16-17-18-19-21-23-24(25,6-3)22-20-8-5-2/h25H,4-23H2,1-3H3. The average Bonchev–Trinajstić information content (AvgIpc) is 2.62. The molecule has 1 N–H and O–H groups in total. The van der Waals surface area contributed by atoms with E-state index >= 15 is 0 Å². The second kappa shape index (κ2) is 18.7. The molecule has 1 heteroatoms. The molecule has 0 heterocycles. The normalized spacial score (nSPS) is 13.9. The minimum atomic E-state index is -0.369. The van der Waals surface area contributed by atoms with Crippen LogP contribution in [0.15, 0.2) is 0 Å². The maximum Gasteiger partial charge on any atom is 0.0645 e. The molecule has 1 unspecified atom stereocenters. The largest absolute Gasteiger partial charge is 0.390 e. The maximum absolute atomic E-state index is 10.6. The number of rotatable bonds is 20. The van der Waals surface area contributed by atoms with Gasteiger partial charge in [0.2, 0.25) is 0 Å². The average molecular weight is 355 g/mol. The molecule has 0 saturated heterocycles. The van der Waals surface area contributed by atoms with Crippen molar-refractivity contribution in [1.29, 1.82) is 0 Å². The van der Waals surface area contributed by atoms with Crippen molar-refractivity contribution >= 4 is 0 Å². The summed E-state index contributed by atoms with van der Waals surface area (Å²) in [4.78, 5) is 0. The van der Waals surface area contributed by atoms with Crippen LogP contribution in [-0.4, -0.2) is 10.7 Å². The Balaban J connectivity index is 3.32. The van der Waals surface area contributed by atoms with Gasteiger partial charge in [-0.15, -0.1) is 0 Å². The van der Waals surface area contributed by atoms with Crippen molar-refractivity contribution in [1.82, 2.24) is 0 Å². The van der Waals surface area contributed by atoms with Crippen molar-refractivity contribution in [2.24, 2.45) is 0 Å². The van der Waals surface area contributed by atoms with Crippen molar-refractivity contribution < 1.29 is 5.11 Å². The van der Waals surface area contributed by atoms with Gasteiger partial charge in [0, 0.05) is 0 Å². The van der Waals surface area contributed by atoms with E-state index in [0.717, 1.165) is 19.3 Å². The summed E-state index contributed by atoms with van der Waals surface area (Å²) in [5.74, 6) is 0. The van der Waals surface area contributed by atoms with Crippen LogP contribution in [0.1, 0.15) is 149 Å². The molecule has 25 heavy (non-hydrogen) atoms. The fraction of sp³-hybridized carbons (Fsp3) is 1.00. The third kappa shape index (κ3) is 17.1. The molecule has 0 spiro atoms. The van der Waals surface area contributed by atoms with E-state index in [2.05, 4.69) is 20.8 Å². The summed E-state index contributed by atoms with van der Waals surface area (Å²) in [5.41, 5.74) is -0.369. The van der Waals surface area contributed by atoms with Crippen molar-refractivity contribution in [3.63, 3.8) is 0 Å². The Kier molecular flexibility index (Phi) is 18.7. The van der Waals surface area contributed by atoms with Gasteiger partial charge in [-0.25, -0.2) is 0 Å². The highest BCUT2D eigenvalue weighted by Gasteiger charge is 2.22. The molecular formula is C24H50O. The molecule has 0 fully saturated rings. The molecule has 0 aromatic carbocycles. The molecular weight excluding hydrogens is 304 g/mol. The van der Waals surface area contributed by atoms with Crippen molar-refractivity contribution in [2.75, 3.05) is 0 Å². The lowest BCUT2D eigenvalue weighted by Crippen LogP contribution is -2.27. The zero-order valence-corrected chi connectivity index (χ0v) is 18.1. The van der Waals surface area contributed by atoms with Gasteiger partial charge in [-0.1, -0.05) is 130 Å². The van der Waals surface area contributed by atoms with E-state index < -0.39 is 0 Å². The van der Waals surface area contributed by atoms with E-state index in [1.54, 1.807) is 0 Å². The fourth-order valence-corrected chi connectivity index (χ4v) is 3.83. The summed E-state index contributed by atoms with van der Waals surface area (Å²) < 4.78 is 0. The highest BCUT2D eigenvalue weighted by atomic mass is 16.3. The minimum Gasteiger partial charge on any atom is -0.390 e. The first-order valence-corrected chi connectivity index (χ1v) is 11.9. The SMILES string of the molecule is CCCCCCCCCCCCCCCCC(O)(CC)CCCCC. The predicted octanol–water partition coefficient (Wildman–Crippen LogP) is 8.58. The summed E-state index contributed by atoms with van der Waals surface area (Å²) in [6.45, 7) is 6.67. The predicted molar refractivity (Wildman–Crippen MR) is 114 cm³/mol. The van der Waals surface area contributed by atoms with E-state index in [1.807, 2.05) is 0 Å². The van der Waals surface area contributed by atoms with Crippen LogP contribution in [0.5, 0.6) is 0 Å². The molecule has 0 rings (SSSR count). The van der Waals surface area contributed by atoms with Crippen LogP contribution in [-0.2, 0) is 0 Å². The van der Waals surface area contributed by atoms with Gasteiger partial charge in [-0.05, 0) is 19.3 Å². The Morgan fingerprint density at radius 2 is 0.720 bits per heavy atom. The van der Waals surface area contributed by atoms with Crippen LogP contribution >= 0.6 is 0 Å². The monoisotopic (exact) mass is 354 g/mol. The van der Waals surface area contributed by atoms with Crippen LogP contribution in [0.2, 0.25) is 0 Å². The first-order chi connectivity index (χ1) is 12.2. The molecule has 0 aromatic rings. The topological polar surface area (TPSA) is 20.2 Å².